The Labute approximate surface area is 151 Å². The third kappa shape index (κ3) is 4.72. The molecule has 1 amide bonds. The van der Waals surface area contributed by atoms with Gasteiger partial charge >= 0.3 is 0 Å². The number of primary sulfonamides is 1. The van der Waals surface area contributed by atoms with E-state index < -0.39 is 22.0 Å². The number of nitrogens with one attached hydrogen (secondary N) is 1. The van der Waals surface area contributed by atoms with Crippen molar-refractivity contribution in [3.05, 3.63) is 48.0 Å². The average Bonchev–Trinajstić information content (AvgIpc) is 2.61. The van der Waals surface area contributed by atoms with E-state index in [1.165, 1.54) is 56.5 Å². The quantitative estimate of drug-likeness (QED) is 0.788. The molecule has 0 spiro atoms. The molecule has 0 saturated carbocycles. The summed E-state index contributed by atoms with van der Waals surface area (Å²) in [5.74, 6) is 0.121. The molecule has 0 aromatic heterocycles. The van der Waals surface area contributed by atoms with Gasteiger partial charge in [-0.1, -0.05) is 6.07 Å². The highest BCUT2D eigenvalue weighted by molar-refractivity contribution is 7.89. The summed E-state index contributed by atoms with van der Waals surface area (Å²) >= 11 is 0. The summed E-state index contributed by atoms with van der Waals surface area (Å²) in [4.78, 5) is 12.2. The van der Waals surface area contributed by atoms with Crippen LogP contribution in [-0.2, 0) is 14.8 Å². The molecule has 0 heterocycles. The van der Waals surface area contributed by atoms with Crippen molar-refractivity contribution in [2.75, 3.05) is 12.4 Å². The van der Waals surface area contributed by atoms with Crippen LogP contribution in [0.2, 0.25) is 0 Å². The van der Waals surface area contributed by atoms with E-state index in [0.717, 1.165) is 0 Å². The van der Waals surface area contributed by atoms with Crippen LogP contribution in [-0.4, -0.2) is 27.5 Å². The monoisotopic (exact) mass is 375 g/mol. The van der Waals surface area contributed by atoms with Gasteiger partial charge in [0.25, 0.3) is 5.91 Å². The van der Waals surface area contributed by atoms with Gasteiger partial charge in [0.2, 0.25) is 10.0 Å². The van der Waals surface area contributed by atoms with Crippen LogP contribution in [0.15, 0.2) is 47.4 Å². The average molecular weight is 375 g/mol. The van der Waals surface area contributed by atoms with Gasteiger partial charge in [0, 0.05) is 11.8 Å². The molecule has 0 aliphatic carbocycles. The first-order valence-electron chi connectivity index (χ1n) is 7.43. The maximum absolute atomic E-state index is 12.3. The van der Waals surface area contributed by atoms with Gasteiger partial charge in [-0.15, -0.1) is 0 Å². The number of carbonyl (C=O) groups excluding carboxylic acids is 1. The molecule has 0 aliphatic heterocycles. The van der Waals surface area contributed by atoms with Crippen molar-refractivity contribution in [1.82, 2.24) is 0 Å². The minimum absolute atomic E-state index is 0.113. The lowest BCUT2D eigenvalue weighted by atomic mass is 10.2. The summed E-state index contributed by atoms with van der Waals surface area (Å²) in [5.41, 5.74) is 0.662. The zero-order valence-electron chi connectivity index (χ0n) is 14.1. The highest BCUT2D eigenvalue weighted by Crippen LogP contribution is 2.29. The van der Waals surface area contributed by atoms with Gasteiger partial charge in [-0.3, -0.25) is 4.79 Å². The highest BCUT2D eigenvalue weighted by atomic mass is 32.2. The van der Waals surface area contributed by atoms with Crippen LogP contribution >= 0.6 is 0 Å². The molecule has 0 aliphatic rings. The second kappa shape index (κ2) is 7.86. The van der Waals surface area contributed by atoms with Gasteiger partial charge in [-0.25, -0.2) is 13.6 Å². The molecule has 26 heavy (non-hydrogen) atoms. The smallest absolute Gasteiger partial charge is 0.265 e. The summed E-state index contributed by atoms with van der Waals surface area (Å²) in [7, 11) is -2.45. The van der Waals surface area contributed by atoms with Gasteiger partial charge in [0.15, 0.2) is 17.6 Å². The molecular formula is C17H17N3O5S. The predicted molar refractivity (Wildman–Crippen MR) is 94.2 cm³/mol. The number of amides is 1. The molecule has 0 saturated heterocycles. The van der Waals surface area contributed by atoms with E-state index in [2.05, 4.69) is 5.32 Å². The zero-order chi connectivity index (χ0) is 19.3. The lowest BCUT2D eigenvalue weighted by molar-refractivity contribution is -0.122. The Balaban J connectivity index is 2.13. The van der Waals surface area contributed by atoms with Crippen molar-refractivity contribution < 1.29 is 22.7 Å². The minimum atomic E-state index is -3.87. The molecule has 0 bridgehead atoms. The summed E-state index contributed by atoms with van der Waals surface area (Å²) < 4.78 is 33.5. The van der Waals surface area contributed by atoms with Crippen LogP contribution in [0.1, 0.15) is 12.5 Å². The molecule has 3 N–H and O–H groups in total. The molecule has 8 nitrogen and oxygen atoms in total. The number of benzene rings is 2. The van der Waals surface area contributed by atoms with E-state index >= 15 is 0 Å². The lowest BCUT2D eigenvalue weighted by Gasteiger charge is -2.17. The first kappa shape index (κ1) is 19.2. The zero-order valence-corrected chi connectivity index (χ0v) is 14.9. The SMILES string of the molecule is COc1cc(C#N)ccc1O[C@H](C)C(=O)Nc1cccc(S(N)(=O)=O)c1. The number of nitrogens with two attached hydrogens (primary N) is 1. The van der Waals surface area contributed by atoms with Crippen LogP contribution in [0.25, 0.3) is 0 Å². The van der Waals surface area contributed by atoms with Gasteiger partial charge in [-0.05, 0) is 37.3 Å². The van der Waals surface area contributed by atoms with Crippen LogP contribution in [0, 0.1) is 11.3 Å². The van der Waals surface area contributed by atoms with Crippen LogP contribution in [0.3, 0.4) is 0 Å². The summed E-state index contributed by atoms with van der Waals surface area (Å²) in [6.07, 6.45) is -0.907. The van der Waals surface area contributed by atoms with Crippen molar-refractivity contribution >= 4 is 21.6 Å². The fraction of sp³-hybridized carbons (Fsp3) is 0.176. The van der Waals surface area contributed by atoms with E-state index in [1.807, 2.05) is 6.07 Å². The molecule has 2 rings (SSSR count). The van der Waals surface area contributed by atoms with E-state index in [1.54, 1.807) is 0 Å². The Morgan fingerprint density at radius 3 is 2.58 bits per heavy atom. The highest BCUT2D eigenvalue weighted by Gasteiger charge is 2.18. The van der Waals surface area contributed by atoms with E-state index in [4.69, 9.17) is 19.9 Å². The summed E-state index contributed by atoms with van der Waals surface area (Å²) in [6.45, 7) is 1.52. The van der Waals surface area contributed by atoms with Gasteiger partial charge in [0.05, 0.1) is 23.6 Å². The normalized spacial score (nSPS) is 11.9. The Bertz CT molecular complexity index is 967. The number of nitriles is 1. The van der Waals surface area contributed by atoms with Crippen LogP contribution in [0.4, 0.5) is 5.69 Å². The molecule has 9 heteroatoms. The second-order valence-corrected chi connectivity index (χ2v) is 6.86. The van der Waals surface area contributed by atoms with Crippen molar-refractivity contribution in [1.29, 1.82) is 5.26 Å². The maximum Gasteiger partial charge on any atom is 0.265 e. The third-order valence-corrected chi connectivity index (χ3v) is 4.31. The molecule has 2 aromatic rings. The van der Waals surface area contributed by atoms with Gasteiger partial charge < -0.3 is 14.8 Å². The largest absolute Gasteiger partial charge is 0.493 e. The van der Waals surface area contributed by atoms with Crippen molar-refractivity contribution in [3.8, 4) is 17.6 Å². The topological polar surface area (TPSA) is 132 Å². The molecule has 0 fully saturated rings. The number of anilines is 1. The second-order valence-electron chi connectivity index (χ2n) is 5.30. The molecular weight excluding hydrogens is 358 g/mol. The first-order chi connectivity index (χ1) is 12.2. The van der Waals surface area contributed by atoms with Crippen molar-refractivity contribution in [3.63, 3.8) is 0 Å². The van der Waals surface area contributed by atoms with E-state index in [-0.39, 0.29) is 10.6 Å². The van der Waals surface area contributed by atoms with E-state index in [9.17, 15) is 13.2 Å². The van der Waals surface area contributed by atoms with Crippen LogP contribution in [0.5, 0.6) is 11.5 Å². The molecule has 0 unspecified atom stereocenters. The number of rotatable bonds is 6. The lowest BCUT2D eigenvalue weighted by Crippen LogP contribution is -2.30. The number of hydrogen-bond acceptors (Lipinski definition) is 6. The first-order valence-corrected chi connectivity index (χ1v) is 8.97. The fourth-order valence-electron chi connectivity index (χ4n) is 2.07. The minimum Gasteiger partial charge on any atom is -0.493 e. The molecule has 136 valence electrons. The van der Waals surface area contributed by atoms with Crippen molar-refractivity contribution in [2.45, 2.75) is 17.9 Å². The Kier molecular flexibility index (Phi) is 5.82. The Morgan fingerprint density at radius 1 is 1.23 bits per heavy atom. The van der Waals surface area contributed by atoms with Crippen LogP contribution < -0.4 is 19.9 Å². The molecule has 2 aromatic carbocycles. The van der Waals surface area contributed by atoms with Gasteiger partial charge in [-0.2, -0.15) is 5.26 Å². The molecule has 0 radical (unpaired) electrons. The summed E-state index contributed by atoms with van der Waals surface area (Å²) in [6, 6.07) is 12.1. The number of sulfonamides is 1. The fourth-order valence-corrected chi connectivity index (χ4v) is 2.63. The van der Waals surface area contributed by atoms with Crippen molar-refractivity contribution in [2.24, 2.45) is 5.14 Å². The number of ether oxygens (including phenoxy) is 2. The number of methoxy groups -OCH3 is 1. The molecule has 1 atom stereocenters. The number of carbonyl (C=O) groups is 1. The standard InChI is InChI=1S/C17H17N3O5S/c1-11(25-15-7-6-12(10-18)8-16(15)24-2)17(21)20-13-4-3-5-14(9-13)26(19,22)23/h3-9,11H,1-2H3,(H,20,21)(H2,19,22,23)/t11-/m1/s1. The predicted octanol–water partition coefficient (Wildman–Crippen LogP) is 1.62. The maximum atomic E-state index is 12.3. The number of nitrogens with zero attached hydrogens (tertiary/aromatic N) is 1. The van der Waals surface area contributed by atoms with Gasteiger partial charge in [0.1, 0.15) is 0 Å². The Morgan fingerprint density at radius 2 is 1.96 bits per heavy atom. The van der Waals surface area contributed by atoms with E-state index in [0.29, 0.717) is 17.1 Å². The summed E-state index contributed by atoms with van der Waals surface area (Å²) in [5, 5.41) is 16.5. The Hall–Kier alpha value is -3.09. The third-order valence-electron chi connectivity index (χ3n) is 3.40. The number of hydrogen-bond donors (Lipinski definition) is 2.